The Morgan fingerprint density at radius 3 is 1.46 bits per heavy atom. The summed E-state index contributed by atoms with van der Waals surface area (Å²) in [6.45, 7) is 0. The van der Waals surface area contributed by atoms with Crippen LogP contribution in [0.3, 0.4) is 0 Å². The molecule has 63 heavy (non-hydrogen) atoms. The largest absolute Gasteiger partial charge is 0.455 e. The second-order valence-electron chi connectivity index (χ2n) is 16.0. The Morgan fingerprint density at radius 1 is 0.317 bits per heavy atom. The Balaban J connectivity index is 1.01. The molecule has 0 saturated carbocycles. The number of fused-ring (bicyclic) bond motifs is 9. The zero-order chi connectivity index (χ0) is 41.4. The van der Waals surface area contributed by atoms with Gasteiger partial charge in [-0.1, -0.05) is 164 Å². The first kappa shape index (κ1) is 35.6. The lowest BCUT2D eigenvalue weighted by Crippen LogP contribution is -1.96. The van der Waals surface area contributed by atoms with Crippen molar-refractivity contribution in [3.63, 3.8) is 0 Å². The van der Waals surface area contributed by atoms with E-state index in [1.807, 2.05) is 53.8 Å². The van der Waals surface area contributed by atoms with E-state index in [0.717, 1.165) is 94.2 Å². The van der Waals surface area contributed by atoms with Gasteiger partial charge in [0.25, 0.3) is 0 Å². The molecule has 0 unspecified atom stereocenters. The van der Waals surface area contributed by atoms with Crippen molar-refractivity contribution < 1.29 is 8.83 Å². The van der Waals surface area contributed by atoms with E-state index >= 15 is 0 Å². The number of rotatable bonds is 6. The van der Waals surface area contributed by atoms with Crippen LogP contribution in [-0.4, -0.2) is 9.97 Å². The Hall–Kier alpha value is -8.12. The molecule has 0 fully saturated rings. The van der Waals surface area contributed by atoms with Crippen molar-refractivity contribution in [3.05, 3.63) is 206 Å². The summed E-state index contributed by atoms with van der Waals surface area (Å²) < 4.78 is 15.9. The average molecular weight is 823 g/mol. The maximum absolute atomic E-state index is 6.63. The van der Waals surface area contributed by atoms with Crippen LogP contribution in [0, 0.1) is 0 Å². The summed E-state index contributed by atoms with van der Waals surface area (Å²) in [4.78, 5) is 10.6. The van der Waals surface area contributed by atoms with E-state index in [-0.39, 0.29) is 0 Å². The van der Waals surface area contributed by atoms with Crippen LogP contribution in [0.2, 0.25) is 0 Å². The van der Waals surface area contributed by atoms with Crippen molar-refractivity contribution in [2.45, 2.75) is 0 Å². The van der Waals surface area contributed by atoms with E-state index in [1.54, 1.807) is 0 Å². The number of hydrogen-bond donors (Lipinski definition) is 0. The van der Waals surface area contributed by atoms with E-state index in [0.29, 0.717) is 5.82 Å². The van der Waals surface area contributed by atoms with Crippen LogP contribution in [0.15, 0.2) is 215 Å². The molecular weight excluding hydrogens is 789 g/mol. The molecule has 4 nitrogen and oxygen atoms in total. The second-order valence-corrected chi connectivity index (χ2v) is 17.1. The van der Waals surface area contributed by atoms with E-state index in [4.69, 9.17) is 18.8 Å². The van der Waals surface area contributed by atoms with Gasteiger partial charge in [0.1, 0.15) is 22.3 Å². The van der Waals surface area contributed by atoms with Gasteiger partial charge in [0.2, 0.25) is 0 Å². The molecule has 9 aromatic carbocycles. The fraction of sp³-hybridized carbons (Fsp3) is 0. The van der Waals surface area contributed by atoms with E-state index < -0.39 is 0 Å². The van der Waals surface area contributed by atoms with Crippen LogP contribution < -0.4 is 0 Å². The van der Waals surface area contributed by atoms with E-state index in [2.05, 4.69) is 164 Å². The molecule has 0 N–H and O–H groups in total. The van der Waals surface area contributed by atoms with Gasteiger partial charge >= 0.3 is 0 Å². The van der Waals surface area contributed by atoms with Gasteiger partial charge in [-0.3, -0.25) is 0 Å². The predicted molar refractivity (Wildman–Crippen MR) is 262 cm³/mol. The highest BCUT2D eigenvalue weighted by Crippen LogP contribution is 2.43. The molecule has 4 heterocycles. The molecular formula is C58H34N2O2S. The van der Waals surface area contributed by atoms with Gasteiger partial charge in [-0.25, -0.2) is 9.97 Å². The molecule has 0 spiro atoms. The third-order valence-electron chi connectivity index (χ3n) is 12.3. The van der Waals surface area contributed by atoms with Gasteiger partial charge < -0.3 is 8.83 Å². The number of aromatic nitrogens is 2. The lowest BCUT2D eigenvalue weighted by atomic mass is 9.93. The first-order chi connectivity index (χ1) is 31.2. The third-order valence-corrected chi connectivity index (χ3v) is 13.5. The van der Waals surface area contributed by atoms with Crippen LogP contribution in [-0.2, 0) is 0 Å². The van der Waals surface area contributed by atoms with Gasteiger partial charge in [-0.15, -0.1) is 11.3 Å². The maximum atomic E-state index is 6.63. The normalized spacial score (nSPS) is 11.8. The fourth-order valence-corrected chi connectivity index (χ4v) is 10.5. The number of hydrogen-bond acceptors (Lipinski definition) is 5. The molecule has 0 aliphatic heterocycles. The molecule has 13 aromatic rings. The molecule has 0 radical (unpaired) electrons. The highest BCUT2D eigenvalue weighted by atomic mass is 32.1. The van der Waals surface area contributed by atoms with E-state index in [9.17, 15) is 0 Å². The minimum Gasteiger partial charge on any atom is -0.455 e. The van der Waals surface area contributed by atoms with Crippen molar-refractivity contribution in [2.75, 3.05) is 0 Å². The highest BCUT2D eigenvalue weighted by molar-refractivity contribution is 7.26. The Bertz CT molecular complexity index is 3780. The van der Waals surface area contributed by atoms with Crippen LogP contribution in [0.4, 0.5) is 0 Å². The third kappa shape index (κ3) is 5.89. The predicted octanol–water partition coefficient (Wildman–Crippen LogP) is 16.6. The van der Waals surface area contributed by atoms with Gasteiger partial charge in [-0.2, -0.15) is 0 Å². The highest BCUT2D eigenvalue weighted by Gasteiger charge is 2.19. The van der Waals surface area contributed by atoms with Crippen molar-refractivity contribution in [1.82, 2.24) is 9.97 Å². The minimum absolute atomic E-state index is 0.660. The minimum atomic E-state index is 0.660. The summed E-state index contributed by atoms with van der Waals surface area (Å²) in [6.07, 6.45) is 0. The first-order valence-electron chi connectivity index (χ1n) is 21.1. The molecule has 13 rings (SSSR count). The van der Waals surface area contributed by atoms with Gasteiger partial charge in [0, 0.05) is 69.5 Å². The van der Waals surface area contributed by atoms with Gasteiger partial charge in [0.05, 0.1) is 11.4 Å². The molecule has 0 amide bonds. The van der Waals surface area contributed by atoms with Crippen molar-refractivity contribution in [1.29, 1.82) is 0 Å². The maximum Gasteiger partial charge on any atom is 0.160 e. The standard InChI is InChI=1S/C58H34N2O2S/c1-2-13-37(14-3-1)58-59-50(36-29-27-35(28-30-36)43-20-12-23-49-46-17-6-9-26-54(46)63-57(43)49)34-51(60-58)40-32-38(41-18-10-21-47-44-15-4-7-24-52(44)61-55(41)47)31-39(33-40)42-19-11-22-48-45-16-5-8-25-53(45)62-56(42)48/h1-34H. The van der Waals surface area contributed by atoms with Crippen molar-refractivity contribution in [2.24, 2.45) is 0 Å². The number of thiophene rings is 1. The topological polar surface area (TPSA) is 52.1 Å². The Labute approximate surface area is 366 Å². The first-order valence-corrected chi connectivity index (χ1v) is 21.9. The van der Waals surface area contributed by atoms with Gasteiger partial charge in [-0.05, 0) is 64.7 Å². The fourth-order valence-electron chi connectivity index (χ4n) is 9.29. The zero-order valence-electron chi connectivity index (χ0n) is 33.7. The Morgan fingerprint density at radius 2 is 0.810 bits per heavy atom. The monoisotopic (exact) mass is 822 g/mol. The number of furan rings is 2. The molecule has 0 atom stereocenters. The zero-order valence-corrected chi connectivity index (χ0v) is 34.6. The molecule has 4 aromatic heterocycles. The van der Waals surface area contributed by atoms with Crippen molar-refractivity contribution >= 4 is 75.4 Å². The second kappa shape index (κ2) is 14.2. The smallest absolute Gasteiger partial charge is 0.160 e. The lowest BCUT2D eigenvalue weighted by molar-refractivity contribution is 0.670. The average Bonchev–Trinajstić information content (AvgIpc) is 4.06. The molecule has 5 heteroatoms. The summed E-state index contributed by atoms with van der Waals surface area (Å²) >= 11 is 1.85. The molecule has 0 aliphatic rings. The summed E-state index contributed by atoms with van der Waals surface area (Å²) in [6, 6.07) is 72.5. The number of benzene rings is 9. The molecule has 0 bridgehead atoms. The van der Waals surface area contributed by atoms with Crippen molar-refractivity contribution in [3.8, 4) is 67.3 Å². The van der Waals surface area contributed by atoms with Crippen LogP contribution in [0.25, 0.3) is 131 Å². The van der Waals surface area contributed by atoms with Crippen LogP contribution >= 0.6 is 11.3 Å². The quantitative estimate of drug-likeness (QED) is 0.168. The summed E-state index contributed by atoms with van der Waals surface area (Å²) in [5.41, 5.74) is 14.4. The lowest BCUT2D eigenvalue weighted by Gasteiger charge is -2.14. The Kier molecular flexibility index (Phi) is 8.05. The van der Waals surface area contributed by atoms with Gasteiger partial charge in [0.15, 0.2) is 5.82 Å². The number of para-hydroxylation sites is 4. The summed E-state index contributed by atoms with van der Waals surface area (Å²) in [5.74, 6) is 0.660. The SMILES string of the molecule is c1ccc(-c2nc(-c3ccc(-c4cccc5c4sc4ccccc45)cc3)cc(-c3cc(-c4cccc5c4oc4ccccc45)cc(-c4cccc5c4oc4ccccc45)c3)n2)cc1. The van der Waals surface area contributed by atoms with Crippen LogP contribution in [0.1, 0.15) is 0 Å². The molecule has 294 valence electrons. The van der Waals surface area contributed by atoms with Crippen LogP contribution in [0.5, 0.6) is 0 Å². The summed E-state index contributed by atoms with van der Waals surface area (Å²) in [7, 11) is 0. The number of nitrogens with zero attached hydrogens (tertiary/aromatic N) is 2. The molecule has 0 saturated heterocycles. The van der Waals surface area contributed by atoms with E-state index in [1.165, 1.54) is 31.3 Å². The summed E-state index contributed by atoms with van der Waals surface area (Å²) in [5, 5.41) is 6.94. The molecule has 0 aliphatic carbocycles.